The molecule has 12 nitrogen and oxygen atoms in total. The molecule has 4 amide bonds. The molecule has 0 saturated carbocycles. The van der Waals surface area contributed by atoms with Gasteiger partial charge in [0.25, 0.3) is 0 Å². The molecule has 57 heavy (non-hydrogen) atoms. The van der Waals surface area contributed by atoms with Crippen LogP contribution in [0.4, 0.5) is 0 Å². The summed E-state index contributed by atoms with van der Waals surface area (Å²) in [6, 6.07) is 9.82. The van der Waals surface area contributed by atoms with Gasteiger partial charge >= 0.3 is 0 Å². The molecule has 13 heteroatoms. The number of unbranched alkanes of at least 4 members (excludes halogenated alkanes) is 1. The number of aromatic nitrogens is 2. The van der Waals surface area contributed by atoms with Crippen molar-refractivity contribution in [2.75, 3.05) is 39.3 Å². The Labute approximate surface area is 342 Å². The van der Waals surface area contributed by atoms with E-state index in [1.54, 1.807) is 27.3 Å². The highest BCUT2D eigenvalue weighted by Crippen LogP contribution is 2.33. The zero-order valence-electron chi connectivity index (χ0n) is 34.2. The van der Waals surface area contributed by atoms with Crippen LogP contribution >= 0.6 is 11.3 Å². The first-order chi connectivity index (χ1) is 27.5. The number of amides is 4. The van der Waals surface area contributed by atoms with Crippen molar-refractivity contribution in [3.05, 3.63) is 65.1 Å². The fourth-order valence-corrected chi connectivity index (χ4v) is 9.25. The number of aryl methyl sites for hydroxylation is 1. The van der Waals surface area contributed by atoms with E-state index in [0.29, 0.717) is 57.7 Å². The van der Waals surface area contributed by atoms with E-state index in [0.717, 1.165) is 78.1 Å². The number of nitrogens with zero attached hydrogens (tertiary/aromatic N) is 5. The molecule has 2 aromatic heterocycles. The third kappa shape index (κ3) is 11.0. The largest absolute Gasteiger partial charge is 0.493 e. The van der Waals surface area contributed by atoms with Crippen LogP contribution in [0.2, 0.25) is 0 Å². The molecule has 3 aromatic rings. The minimum Gasteiger partial charge on any atom is -0.493 e. The zero-order chi connectivity index (χ0) is 40.4. The Hall–Kier alpha value is -4.36. The average Bonchev–Trinajstić information content (AvgIpc) is 3.95. The molecule has 0 radical (unpaired) electrons. The molecule has 3 unspecified atom stereocenters. The van der Waals surface area contributed by atoms with E-state index in [9.17, 15) is 19.2 Å². The van der Waals surface area contributed by atoms with Crippen LogP contribution in [0.25, 0.3) is 10.4 Å². The number of pyridine rings is 1. The van der Waals surface area contributed by atoms with E-state index in [1.165, 1.54) is 25.7 Å². The Balaban J connectivity index is 0.000000426. The maximum absolute atomic E-state index is 13.9. The predicted molar refractivity (Wildman–Crippen MR) is 223 cm³/mol. The van der Waals surface area contributed by atoms with Crippen LogP contribution in [-0.2, 0) is 25.7 Å². The molecule has 4 aliphatic heterocycles. The number of carbonyl (C=O) groups excluding carboxylic acids is 4. The minimum atomic E-state index is -0.462. The summed E-state index contributed by atoms with van der Waals surface area (Å²) in [5.41, 5.74) is 5.73. The molecule has 308 valence electrons. The molecule has 2 N–H and O–H groups in total. The lowest BCUT2D eigenvalue weighted by atomic mass is 9.85. The summed E-state index contributed by atoms with van der Waals surface area (Å²) in [6.07, 6.45) is 14.5. The van der Waals surface area contributed by atoms with E-state index in [1.807, 2.05) is 36.8 Å². The predicted octanol–water partition coefficient (Wildman–Crippen LogP) is 6.09. The van der Waals surface area contributed by atoms with Gasteiger partial charge in [-0.25, -0.2) is 4.98 Å². The number of carbonyl (C=O) groups is 4. The second-order valence-electron chi connectivity index (χ2n) is 17.0. The normalized spacial score (nSPS) is 20.2. The third-order valence-corrected chi connectivity index (χ3v) is 12.7. The summed E-state index contributed by atoms with van der Waals surface area (Å²) in [5.74, 6) is 1.37. The Morgan fingerprint density at radius 3 is 2.53 bits per heavy atom. The van der Waals surface area contributed by atoms with Crippen molar-refractivity contribution in [2.24, 2.45) is 5.41 Å². The number of likely N-dealkylation sites (tertiary alicyclic amines) is 2. The van der Waals surface area contributed by atoms with E-state index in [4.69, 9.17) is 4.74 Å². The maximum Gasteiger partial charge on any atom is 0.243 e. The summed E-state index contributed by atoms with van der Waals surface area (Å²) in [4.78, 5) is 64.9. The zero-order valence-corrected chi connectivity index (χ0v) is 35.0. The number of benzene rings is 1. The van der Waals surface area contributed by atoms with Crippen LogP contribution in [0.15, 0.2) is 48.2 Å². The molecular formula is C44H61N7O5S. The first kappa shape index (κ1) is 42.3. The quantitative estimate of drug-likeness (QED) is 0.148. The number of hydrogen-bond acceptors (Lipinski definition) is 9. The topological polar surface area (TPSA) is 137 Å². The van der Waals surface area contributed by atoms with Gasteiger partial charge in [0.2, 0.25) is 24.1 Å². The molecule has 4 aliphatic rings. The van der Waals surface area contributed by atoms with Crippen molar-refractivity contribution in [1.29, 1.82) is 0 Å². The van der Waals surface area contributed by atoms with Crippen LogP contribution < -0.4 is 15.4 Å². The standard InChI is InChI=1S/C35H46N6O4S.C9H15NO/c1-24-31(46-22-39-24)26-11-9-25(10-12-26)18-38-33(43)29-8-7-16-41(29)34(44)32(35(2,3)4)37-14-5-6-17-45-30-13-15-36-19-28(30)27-20-40(21-27)23-42;11-9-6-2-1-4-8-5-3-7-10(8)9/h9-13,15,19,22-23,27,29,32,37H,5-8,14,16-18,20-21H2,1-4H3,(H,38,43);8H,1-7H2. The third-order valence-electron chi connectivity index (χ3n) is 11.7. The van der Waals surface area contributed by atoms with Crippen molar-refractivity contribution in [3.63, 3.8) is 0 Å². The van der Waals surface area contributed by atoms with Gasteiger partial charge in [0.1, 0.15) is 11.8 Å². The summed E-state index contributed by atoms with van der Waals surface area (Å²) >= 11 is 1.62. The second kappa shape index (κ2) is 19.9. The fraction of sp³-hybridized carbons (Fsp3) is 0.591. The van der Waals surface area contributed by atoms with E-state index >= 15 is 0 Å². The highest BCUT2D eigenvalue weighted by Gasteiger charge is 2.41. The Morgan fingerprint density at radius 2 is 1.79 bits per heavy atom. The lowest BCUT2D eigenvalue weighted by Gasteiger charge is -2.37. The van der Waals surface area contributed by atoms with Gasteiger partial charge in [-0.15, -0.1) is 11.3 Å². The number of rotatable bonds is 14. The molecule has 4 saturated heterocycles. The molecule has 6 heterocycles. The summed E-state index contributed by atoms with van der Waals surface area (Å²) < 4.78 is 6.09. The Morgan fingerprint density at radius 1 is 1.02 bits per heavy atom. The number of ether oxygens (including phenoxy) is 1. The minimum absolute atomic E-state index is 0.0167. The number of thiazole rings is 1. The van der Waals surface area contributed by atoms with Gasteiger partial charge in [0.15, 0.2) is 0 Å². The Bertz CT molecular complexity index is 1800. The van der Waals surface area contributed by atoms with E-state index < -0.39 is 12.1 Å². The molecule has 0 bridgehead atoms. The summed E-state index contributed by atoms with van der Waals surface area (Å²) in [6.45, 7) is 12.8. The second-order valence-corrected chi connectivity index (χ2v) is 17.8. The Kier molecular flexibility index (Phi) is 14.7. The van der Waals surface area contributed by atoms with Crippen LogP contribution in [-0.4, -0.2) is 106 Å². The molecule has 7 rings (SSSR count). The highest BCUT2D eigenvalue weighted by atomic mass is 32.1. The molecule has 0 aliphatic carbocycles. The molecule has 0 spiro atoms. The van der Waals surface area contributed by atoms with Gasteiger partial charge in [0.05, 0.1) is 28.7 Å². The number of nitrogens with one attached hydrogen (secondary N) is 2. The SMILES string of the molecule is Cc1ncsc1-c1ccc(CNC(=O)C2CCCN2C(=O)C(NCCCCOc2ccncc2C2CN(C=O)C2)C(C)(C)C)cc1.O=C1CCCCC2CCCN12. The molecule has 3 atom stereocenters. The smallest absolute Gasteiger partial charge is 0.243 e. The van der Waals surface area contributed by atoms with E-state index in [2.05, 4.69) is 58.4 Å². The van der Waals surface area contributed by atoms with Gasteiger partial charge in [-0.3, -0.25) is 24.2 Å². The van der Waals surface area contributed by atoms with Gasteiger partial charge in [0, 0.05) is 69.1 Å². The van der Waals surface area contributed by atoms with Crippen LogP contribution in [0.3, 0.4) is 0 Å². The molecule has 1 aromatic carbocycles. The van der Waals surface area contributed by atoms with Crippen LogP contribution in [0.5, 0.6) is 5.75 Å². The summed E-state index contributed by atoms with van der Waals surface area (Å²) in [7, 11) is 0. The monoisotopic (exact) mass is 799 g/mol. The highest BCUT2D eigenvalue weighted by molar-refractivity contribution is 7.13. The van der Waals surface area contributed by atoms with Crippen molar-refractivity contribution < 1.29 is 23.9 Å². The van der Waals surface area contributed by atoms with Crippen LogP contribution in [0.1, 0.15) is 108 Å². The van der Waals surface area contributed by atoms with E-state index in [-0.39, 0.29) is 23.1 Å². The fourth-order valence-electron chi connectivity index (χ4n) is 8.44. The lowest BCUT2D eigenvalue weighted by molar-refractivity contribution is -0.142. The van der Waals surface area contributed by atoms with Gasteiger partial charge in [-0.1, -0.05) is 51.5 Å². The number of fused-ring (bicyclic) bond motifs is 1. The molecule has 4 fully saturated rings. The summed E-state index contributed by atoms with van der Waals surface area (Å²) in [5, 5.41) is 6.58. The van der Waals surface area contributed by atoms with Gasteiger partial charge < -0.3 is 30.1 Å². The first-order valence-electron chi connectivity index (χ1n) is 20.9. The van der Waals surface area contributed by atoms with Crippen molar-refractivity contribution in [2.45, 2.75) is 122 Å². The van der Waals surface area contributed by atoms with Crippen LogP contribution in [0, 0.1) is 12.3 Å². The van der Waals surface area contributed by atoms with Gasteiger partial charge in [-0.2, -0.15) is 0 Å². The first-order valence-corrected chi connectivity index (χ1v) is 21.8. The van der Waals surface area contributed by atoms with Crippen molar-refractivity contribution >= 4 is 35.5 Å². The average molecular weight is 800 g/mol. The van der Waals surface area contributed by atoms with Gasteiger partial charge in [-0.05, 0) is 87.4 Å². The lowest BCUT2D eigenvalue weighted by Crippen LogP contribution is -2.56. The maximum atomic E-state index is 13.9. The van der Waals surface area contributed by atoms with Crippen molar-refractivity contribution in [3.8, 4) is 16.2 Å². The molecular weight excluding hydrogens is 739 g/mol. The number of hydrogen-bond donors (Lipinski definition) is 2. The van der Waals surface area contributed by atoms with Crippen molar-refractivity contribution in [1.82, 2.24) is 35.3 Å².